The molecule has 0 fully saturated rings. The van der Waals surface area contributed by atoms with E-state index in [9.17, 15) is 0 Å². The molecule has 24 heavy (non-hydrogen) atoms. The average molecular weight is 326 g/mol. The van der Waals surface area contributed by atoms with Gasteiger partial charge in [-0.2, -0.15) is 0 Å². The molecule has 0 aliphatic rings. The van der Waals surface area contributed by atoms with E-state index in [4.69, 9.17) is 19.3 Å². The van der Waals surface area contributed by atoms with Crippen LogP contribution in [0.3, 0.4) is 0 Å². The van der Waals surface area contributed by atoms with Crippen LogP contribution in [0.4, 0.5) is 0 Å². The summed E-state index contributed by atoms with van der Waals surface area (Å²) in [7, 11) is 4.76. The first-order chi connectivity index (χ1) is 11.7. The van der Waals surface area contributed by atoms with Crippen molar-refractivity contribution < 1.29 is 19.3 Å². The molecule has 0 spiro atoms. The first kappa shape index (κ1) is 17.6. The highest BCUT2D eigenvalue weighted by Gasteiger charge is 2.12. The summed E-state index contributed by atoms with van der Waals surface area (Å²) in [5.74, 6) is 1.76. The highest BCUT2D eigenvalue weighted by molar-refractivity contribution is 5.88. The van der Waals surface area contributed by atoms with E-state index in [0.29, 0.717) is 17.2 Å². The molecule has 4 heteroatoms. The summed E-state index contributed by atoms with van der Waals surface area (Å²) < 4.78 is 16.1. The van der Waals surface area contributed by atoms with E-state index in [1.54, 1.807) is 27.4 Å². The number of aliphatic hydroxyl groups is 1. The molecule has 0 aliphatic heterocycles. The van der Waals surface area contributed by atoms with Gasteiger partial charge in [0.05, 0.1) is 27.9 Å². The van der Waals surface area contributed by atoms with Crippen molar-refractivity contribution in [1.29, 1.82) is 0 Å². The highest BCUT2D eigenvalue weighted by Crippen LogP contribution is 2.39. The number of allylic oxidation sites excluding steroid dienone is 2. The second-order valence-corrected chi connectivity index (χ2v) is 5.01. The van der Waals surface area contributed by atoms with Crippen LogP contribution in [0, 0.1) is 0 Å². The van der Waals surface area contributed by atoms with Gasteiger partial charge in [0.1, 0.15) is 0 Å². The molecule has 2 aromatic rings. The molecule has 0 aliphatic carbocycles. The number of rotatable bonds is 7. The van der Waals surface area contributed by atoms with E-state index in [2.05, 4.69) is 0 Å². The fraction of sp³-hybridized carbons (Fsp3) is 0.200. The Balaban J connectivity index is 2.54. The van der Waals surface area contributed by atoms with Gasteiger partial charge in [0.2, 0.25) is 5.75 Å². The molecule has 0 heterocycles. The standard InChI is InChI=1S/C20H22O4/c1-22-18-13-15(14-19(23-2)20(18)24-3)12-17(10-7-11-21)16-8-5-4-6-9-16/h4-10,12-14,21H,11H2,1-3H3. The average Bonchev–Trinajstić information content (AvgIpc) is 2.64. The lowest BCUT2D eigenvalue weighted by molar-refractivity contribution is 0.324. The molecule has 2 aromatic carbocycles. The molecule has 0 bridgehead atoms. The molecule has 4 nitrogen and oxygen atoms in total. The predicted octanol–water partition coefficient (Wildman–Crippen LogP) is 3.80. The van der Waals surface area contributed by atoms with Crippen molar-refractivity contribution >= 4 is 11.6 Å². The number of benzene rings is 2. The van der Waals surface area contributed by atoms with E-state index < -0.39 is 0 Å². The number of methoxy groups -OCH3 is 3. The Morgan fingerprint density at radius 1 is 0.958 bits per heavy atom. The Hall–Kier alpha value is -2.72. The third-order valence-corrected chi connectivity index (χ3v) is 3.52. The SMILES string of the molecule is COc1cc(C=C(C=CCO)c2ccccc2)cc(OC)c1OC. The molecule has 0 unspecified atom stereocenters. The second-order valence-electron chi connectivity index (χ2n) is 5.01. The number of hydrogen-bond acceptors (Lipinski definition) is 4. The van der Waals surface area contributed by atoms with E-state index in [1.165, 1.54) is 0 Å². The van der Waals surface area contributed by atoms with Gasteiger partial charge in [-0.15, -0.1) is 0 Å². The summed E-state index contributed by atoms with van der Waals surface area (Å²) >= 11 is 0. The number of aliphatic hydroxyl groups excluding tert-OH is 1. The molecular weight excluding hydrogens is 304 g/mol. The molecule has 0 aromatic heterocycles. The van der Waals surface area contributed by atoms with Crippen LogP contribution in [0.15, 0.2) is 54.6 Å². The van der Waals surface area contributed by atoms with Gasteiger partial charge in [-0.1, -0.05) is 42.5 Å². The van der Waals surface area contributed by atoms with E-state index >= 15 is 0 Å². The largest absolute Gasteiger partial charge is 0.493 e. The molecule has 0 atom stereocenters. The van der Waals surface area contributed by atoms with Crippen molar-refractivity contribution in [3.8, 4) is 17.2 Å². The van der Waals surface area contributed by atoms with Crippen LogP contribution >= 0.6 is 0 Å². The monoisotopic (exact) mass is 326 g/mol. The third-order valence-electron chi connectivity index (χ3n) is 3.52. The van der Waals surface area contributed by atoms with Crippen LogP contribution in [0.2, 0.25) is 0 Å². The zero-order chi connectivity index (χ0) is 17.4. The van der Waals surface area contributed by atoms with Crippen molar-refractivity contribution in [2.24, 2.45) is 0 Å². The maximum Gasteiger partial charge on any atom is 0.203 e. The molecule has 0 radical (unpaired) electrons. The van der Waals surface area contributed by atoms with Crippen molar-refractivity contribution in [3.63, 3.8) is 0 Å². The first-order valence-electron chi connectivity index (χ1n) is 7.58. The van der Waals surface area contributed by atoms with Crippen molar-refractivity contribution in [1.82, 2.24) is 0 Å². The molecule has 0 saturated carbocycles. The lowest BCUT2D eigenvalue weighted by Crippen LogP contribution is -1.95. The Morgan fingerprint density at radius 3 is 2.08 bits per heavy atom. The summed E-state index contributed by atoms with van der Waals surface area (Å²) in [6.07, 6.45) is 5.60. The lowest BCUT2D eigenvalue weighted by Gasteiger charge is -2.13. The summed E-state index contributed by atoms with van der Waals surface area (Å²) in [5, 5.41) is 9.09. The minimum atomic E-state index is -0.0145. The molecule has 0 amide bonds. The zero-order valence-corrected chi connectivity index (χ0v) is 14.2. The lowest BCUT2D eigenvalue weighted by atomic mass is 10.0. The molecule has 2 rings (SSSR count). The van der Waals surface area contributed by atoms with Gasteiger partial charge >= 0.3 is 0 Å². The van der Waals surface area contributed by atoms with Crippen LogP contribution in [0.1, 0.15) is 11.1 Å². The summed E-state index contributed by atoms with van der Waals surface area (Å²) in [5.41, 5.74) is 2.93. The fourth-order valence-electron chi connectivity index (χ4n) is 2.40. The Labute approximate surface area is 142 Å². The van der Waals surface area contributed by atoms with Crippen LogP contribution in [-0.2, 0) is 0 Å². The Morgan fingerprint density at radius 2 is 1.58 bits per heavy atom. The van der Waals surface area contributed by atoms with Gasteiger partial charge in [-0.3, -0.25) is 0 Å². The summed E-state index contributed by atoms with van der Waals surface area (Å²) in [6.45, 7) is -0.0145. The van der Waals surface area contributed by atoms with E-state index in [-0.39, 0.29) is 6.61 Å². The third kappa shape index (κ3) is 4.18. The minimum absolute atomic E-state index is 0.0145. The van der Waals surface area contributed by atoms with Crippen molar-refractivity contribution in [3.05, 3.63) is 65.7 Å². The van der Waals surface area contributed by atoms with Gasteiger partial charge in [0.25, 0.3) is 0 Å². The quantitative estimate of drug-likeness (QED) is 0.621. The van der Waals surface area contributed by atoms with Gasteiger partial charge in [0.15, 0.2) is 11.5 Å². The zero-order valence-electron chi connectivity index (χ0n) is 14.2. The molecule has 0 saturated heterocycles. The van der Waals surface area contributed by atoms with Crippen LogP contribution < -0.4 is 14.2 Å². The molecule has 1 N–H and O–H groups in total. The molecule has 126 valence electrons. The van der Waals surface area contributed by atoms with E-state index in [1.807, 2.05) is 54.6 Å². The van der Waals surface area contributed by atoms with Gasteiger partial charge in [-0.25, -0.2) is 0 Å². The predicted molar refractivity (Wildman–Crippen MR) is 96.6 cm³/mol. The van der Waals surface area contributed by atoms with Crippen LogP contribution in [0.5, 0.6) is 17.2 Å². The van der Waals surface area contributed by atoms with E-state index in [0.717, 1.165) is 16.7 Å². The van der Waals surface area contributed by atoms with Crippen LogP contribution in [-0.4, -0.2) is 33.0 Å². The second kappa shape index (κ2) is 8.79. The first-order valence-corrected chi connectivity index (χ1v) is 7.58. The van der Waals surface area contributed by atoms with Crippen molar-refractivity contribution in [2.75, 3.05) is 27.9 Å². The minimum Gasteiger partial charge on any atom is -0.493 e. The Kier molecular flexibility index (Phi) is 6.46. The van der Waals surface area contributed by atoms with Gasteiger partial charge < -0.3 is 19.3 Å². The fourth-order valence-corrected chi connectivity index (χ4v) is 2.40. The molecular formula is C20H22O4. The number of ether oxygens (including phenoxy) is 3. The normalized spacial score (nSPS) is 11.6. The maximum absolute atomic E-state index is 9.09. The number of hydrogen-bond donors (Lipinski definition) is 1. The smallest absolute Gasteiger partial charge is 0.203 e. The van der Waals surface area contributed by atoms with Crippen molar-refractivity contribution in [2.45, 2.75) is 0 Å². The van der Waals surface area contributed by atoms with Gasteiger partial charge in [-0.05, 0) is 34.9 Å². The van der Waals surface area contributed by atoms with Crippen LogP contribution in [0.25, 0.3) is 11.6 Å². The summed E-state index contributed by atoms with van der Waals surface area (Å²) in [4.78, 5) is 0. The van der Waals surface area contributed by atoms with Gasteiger partial charge in [0, 0.05) is 0 Å². The Bertz CT molecular complexity index is 693. The maximum atomic E-state index is 9.09. The topological polar surface area (TPSA) is 47.9 Å². The highest BCUT2D eigenvalue weighted by atomic mass is 16.5. The summed E-state index contributed by atoms with van der Waals surface area (Å²) in [6, 6.07) is 13.7.